The average Bonchev–Trinajstić information content (AvgIpc) is 2.70. The summed E-state index contributed by atoms with van der Waals surface area (Å²) in [5.41, 5.74) is -0.0586. The van der Waals surface area contributed by atoms with E-state index in [-0.39, 0.29) is 30.9 Å². The van der Waals surface area contributed by atoms with Gasteiger partial charge in [0.05, 0.1) is 12.2 Å². The number of benzene rings is 1. The van der Waals surface area contributed by atoms with Gasteiger partial charge in [0.15, 0.2) is 0 Å². The van der Waals surface area contributed by atoms with Crippen molar-refractivity contribution in [3.8, 4) is 5.75 Å². The maximum atomic E-state index is 13.6. The number of fused-ring (bicyclic) bond motifs is 1. The van der Waals surface area contributed by atoms with E-state index in [1.54, 1.807) is 0 Å². The van der Waals surface area contributed by atoms with E-state index < -0.39 is 42.2 Å². The Kier molecular flexibility index (Phi) is 8.95. The average molecular weight is 499 g/mol. The van der Waals surface area contributed by atoms with Crippen molar-refractivity contribution in [2.24, 2.45) is 0 Å². The molecule has 1 aliphatic rings. The number of rotatable bonds is 8. The molecule has 0 aromatic heterocycles. The molecular formula is C20H24ClF3NO8+. The van der Waals surface area contributed by atoms with Crippen LogP contribution in [0.25, 0.3) is 6.08 Å². The molecule has 1 unspecified atom stereocenters. The van der Waals surface area contributed by atoms with Crippen LogP contribution in [-0.4, -0.2) is 49.6 Å². The van der Waals surface area contributed by atoms with Crippen LogP contribution < -0.4 is 10.4 Å². The number of nitrogens with two attached hydrogens (primary N) is 1. The zero-order valence-corrected chi connectivity index (χ0v) is 18.8. The summed E-state index contributed by atoms with van der Waals surface area (Å²) < 4.78 is 59.7. The van der Waals surface area contributed by atoms with Crippen LogP contribution in [0.5, 0.6) is 5.75 Å². The molecule has 0 saturated heterocycles. The van der Waals surface area contributed by atoms with Gasteiger partial charge in [-0.1, -0.05) is 38.0 Å². The minimum Gasteiger partial charge on any atom is -0.475 e. The van der Waals surface area contributed by atoms with E-state index in [2.05, 4.69) is 19.0 Å². The molecule has 2 rings (SSSR count). The Balaban J connectivity index is 2.09. The van der Waals surface area contributed by atoms with Gasteiger partial charge in [-0.2, -0.15) is 23.2 Å². The van der Waals surface area contributed by atoms with Gasteiger partial charge in [-0.05, 0) is 29.2 Å². The summed E-state index contributed by atoms with van der Waals surface area (Å²) >= 11 is 6.27. The summed E-state index contributed by atoms with van der Waals surface area (Å²) in [6.45, 7) is 4.51. The van der Waals surface area contributed by atoms with Crippen LogP contribution in [0.1, 0.15) is 38.3 Å². The van der Waals surface area contributed by atoms with Gasteiger partial charge >= 0.3 is 18.3 Å². The van der Waals surface area contributed by atoms with Crippen molar-refractivity contribution in [2.75, 3.05) is 20.0 Å². The molecule has 0 spiro atoms. The quantitative estimate of drug-likeness (QED) is 0.243. The monoisotopic (exact) mass is 498 g/mol. The number of hydrogen-bond acceptors (Lipinski definition) is 8. The van der Waals surface area contributed by atoms with Crippen LogP contribution >= 0.6 is 11.6 Å². The highest BCUT2D eigenvalue weighted by atomic mass is 35.5. The zero-order valence-electron chi connectivity index (χ0n) is 18.0. The second-order valence-electron chi connectivity index (χ2n) is 7.88. The second-order valence-corrected chi connectivity index (χ2v) is 8.29. The van der Waals surface area contributed by atoms with Crippen LogP contribution in [0.4, 0.5) is 18.0 Å². The molecule has 33 heavy (non-hydrogen) atoms. The number of carbonyl (C=O) groups is 2. The first-order valence-corrected chi connectivity index (χ1v) is 10.1. The molecule has 0 radical (unpaired) electrons. The molecule has 0 aliphatic carbocycles. The Morgan fingerprint density at radius 1 is 1.15 bits per heavy atom. The minimum atomic E-state index is -4.92. The zero-order chi connectivity index (χ0) is 24.8. The number of hydrogen-bond donors (Lipinski definition) is 2. The van der Waals surface area contributed by atoms with Crippen LogP contribution in [0.3, 0.4) is 0 Å². The highest BCUT2D eigenvalue weighted by Crippen LogP contribution is 2.42. The fourth-order valence-electron chi connectivity index (χ4n) is 2.81. The van der Waals surface area contributed by atoms with Gasteiger partial charge < -0.3 is 18.9 Å². The number of esters is 1. The molecule has 0 bridgehead atoms. The lowest BCUT2D eigenvalue weighted by molar-refractivity contribution is -1.06. The molecule has 0 fully saturated rings. The molecule has 1 aromatic carbocycles. The third kappa shape index (κ3) is 7.49. The Morgan fingerprint density at radius 2 is 1.85 bits per heavy atom. The lowest BCUT2D eigenvalue weighted by Crippen LogP contribution is -2.79. The van der Waals surface area contributed by atoms with E-state index in [4.69, 9.17) is 21.5 Å². The van der Waals surface area contributed by atoms with Gasteiger partial charge in [-0.15, -0.1) is 0 Å². The highest BCUT2D eigenvalue weighted by molar-refractivity contribution is 6.31. The summed E-state index contributed by atoms with van der Waals surface area (Å²) in [6.07, 6.45) is -7.49. The van der Waals surface area contributed by atoms with Gasteiger partial charge in [-0.25, -0.2) is 9.59 Å². The third-order valence-electron chi connectivity index (χ3n) is 4.35. The molecule has 1 aromatic rings. The lowest BCUT2D eigenvalue weighted by Gasteiger charge is -2.30. The van der Waals surface area contributed by atoms with Crippen LogP contribution in [0.15, 0.2) is 17.7 Å². The number of ether oxygens (including phenoxy) is 4. The first-order valence-electron chi connectivity index (χ1n) is 9.67. The molecule has 0 amide bonds. The molecule has 3 N–H and O–H groups in total. The van der Waals surface area contributed by atoms with Crippen molar-refractivity contribution in [1.82, 2.24) is 0 Å². The predicted molar refractivity (Wildman–Crippen MR) is 106 cm³/mol. The van der Waals surface area contributed by atoms with E-state index in [1.165, 1.54) is 12.1 Å². The fraction of sp³-hybridized carbons (Fsp3) is 0.500. The van der Waals surface area contributed by atoms with Gasteiger partial charge in [0.25, 0.3) is 0 Å². The van der Waals surface area contributed by atoms with Crippen molar-refractivity contribution in [3.63, 3.8) is 0 Å². The Bertz CT molecular complexity index is 899. The molecule has 13 heteroatoms. The van der Waals surface area contributed by atoms with Gasteiger partial charge in [0.1, 0.15) is 12.4 Å². The van der Waals surface area contributed by atoms with Crippen molar-refractivity contribution >= 4 is 29.8 Å². The minimum absolute atomic E-state index is 0.0779. The summed E-state index contributed by atoms with van der Waals surface area (Å²) in [7, 11) is 0. The summed E-state index contributed by atoms with van der Waals surface area (Å²) in [5, 5.41) is 8.61. The Morgan fingerprint density at radius 3 is 2.45 bits per heavy atom. The van der Waals surface area contributed by atoms with E-state index in [9.17, 15) is 22.8 Å². The molecule has 1 aliphatic heterocycles. The number of alkyl halides is 3. The van der Waals surface area contributed by atoms with Gasteiger partial charge in [0, 0.05) is 17.0 Å². The maximum Gasteiger partial charge on any atom is 0.511 e. The molecule has 184 valence electrons. The fourth-order valence-corrected chi connectivity index (χ4v) is 3.26. The number of carbonyl (C=O) groups excluding carboxylic acids is 2. The van der Waals surface area contributed by atoms with Crippen LogP contribution in [0, 0.1) is 0 Å². The summed E-state index contributed by atoms with van der Waals surface area (Å²) in [4.78, 5) is 28.2. The number of quaternary nitrogens is 1. The lowest BCUT2D eigenvalue weighted by atomic mass is 9.85. The van der Waals surface area contributed by atoms with Crippen LogP contribution in [0.2, 0.25) is 5.02 Å². The van der Waals surface area contributed by atoms with Crippen molar-refractivity contribution in [1.29, 1.82) is 0 Å². The smallest absolute Gasteiger partial charge is 0.475 e. The van der Waals surface area contributed by atoms with E-state index in [1.807, 2.05) is 20.8 Å². The predicted octanol–water partition coefficient (Wildman–Crippen LogP) is 3.27. The first kappa shape index (κ1) is 26.7. The highest BCUT2D eigenvalue weighted by Gasteiger charge is 2.49. The molecular weight excluding hydrogens is 475 g/mol. The molecule has 1 heterocycles. The Hall–Kier alpha value is -2.54. The summed E-state index contributed by atoms with van der Waals surface area (Å²) in [5.74, 6) is -1.47. The standard InChI is InChI=1S/C20H24ClF3NO8/c1-19(2,3)13-9-15-11(8-14(13)21)7-12(16(33-15)20(22,23)24)17(26)30-10-31-18(27)29-5-4-6-32-25-28/h7-9,16,28H,4-6,10,25H2,1-3H3/q+1. The molecule has 1 atom stereocenters. The number of halogens is 4. The SMILES string of the molecule is CC(C)(C)c1cc2c(cc1Cl)C=C(C(=O)OCOC(=O)OCCCO[NH2+]O)C(C(F)(F)F)O2. The molecule has 9 nitrogen and oxygen atoms in total. The largest absolute Gasteiger partial charge is 0.511 e. The normalized spacial score (nSPS) is 15.8. The van der Waals surface area contributed by atoms with Crippen molar-refractivity contribution in [3.05, 3.63) is 33.9 Å². The summed E-state index contributed by atoms with van der Waals surface area (Å²) in [6, 6.07) is 2.82. The third-order valence-corrected chi connectivity index (χ3v) is 4.66. The van der Waals surface area contributed by atoms with Crippen molar-refractivity contribution < 1.29 is 57.4 Å². The van der Waals surface area contributed by atoms with Crippen molar-refractivity contribution in [2.45, 2.75) is 44.9 Å². The van der Waals surface area contributed by atoms with Crippen LogP contribution in [-0.2, 0) is 29.3 Å². The maximum absolute atomic E-state index is 13.6. The topological polar surface area (TPSA) is 117 Å². The van der Waals surface area contributed by atoms with Gasteiger partial charge in [-0.3, -0.25) is 0 Å². The van der Waals surface area contributed by atoms with Gasteiger partial charge in [0.2, 0.25) is 12.9 Å². The Labute approximate surface area is 192 Å². The van der Waals surface area contributed by atoms with E-state index >= 15 is 0 Å². The second kappa shape index (κ2) is 11.1. The van der Waals surface area contributed by atoms with E-state index in [0.717, 1.165) is 6.08 Å². The first-order chi connectivity index (χ1) is 15.3. The molecule has 0 saturated carbocycles. The van der Waals surface area contributed by atoms with E-state index in [0.29, 0.717) is 16.2 Å².